The average Bonchev–Trinajstić information content (AvgIpc) is 2.28. The molecule has 0 saturated heterocycles. The molecular formula is C13H17NO4. The zero-order chi connectivity index (χ0) is 13.5. The number of likely N-dealkylation sites (N-methyl/N-ethyl adjacent to an activating group) is 1. The normalized spacial score (nSPS) is 11.7. The highest BCUT2D eigenvalue weighted by molar-refractivity contribution is 5.69. The highest BCUT2D eigenvalue weighted by Gasteiger charge is 2.13. The summed E-state index contributed by atoms with van der Waals surface area (Å²) in [5.41, 5.74) is 0.843. The second kappa shape index (κ2) is 6.76. The molecule has 0 aromatic heterocycles. The molecule has 1 aromatic carbocycles. The van der Waals surface area contributed by atoms with Crippen LogP contribution in [0.25, 0.3) is 0 Å². The van der Waals surface area contributed by atoms with Gasteiger partial charge in [0.1, 0.15) is 11.9 Å². The van der Waals surface area contributed by atoms with Gasteiger partial charge in [0.05, 0.1) is 0 Å². The van der Waals surface area contributed by atoms with E-state index >= 15 is 0 Å². The van der Waals surface area contributed by atoms with Crippen LogP contribution in [0.15, 0.2) is 24.3 Å². The van der Waals surface area contributed by atoms with E-state index in [2.05, 4.69) is 5.32 Å². The first-order valence-electron chi connectivity index (χ1n) is 5.63. The quantitative estimate of drug-likeness (QED) is 0.633. The molecule has 0 fully saturated rings. The largest absolute Gasteiger partial charge is 0.456 e. The summed E-state index contributed by atoms with van der Waals surface area (Å²) >= 11 is 0. The standard InChI is InChI=1S/C13H17NO4/c1-9(15)17-12-6-4-11(5-7-12)13(8-14-3)18-10(2)16/h4-7,13-14H,8H2,1-3H3. The Morgan fingerprint density at radius 2 is 1.78 bits per heavy atom. The Bertz CT molecular complexity index is 414. The van der Waals surface area contributed by atoms with Crippen LogP contribution in [0.4, 0.5) is 0 Å². The Kier molecular flexibility index (Phi) is 5.32. The molecule has 1 N–H and O–H groups in total. The van der Waals surface area contributed by atoms with Gasteiger partial charge in [-0.05, 0) is 24.7 Å². The second-order valence-corrected chi connectivity index (χ2v) is 3.82. The van der Waals surface area contributed by atoms with Crippen LogP contribution < -0.4 is 10.1 Å². The monoisotopic (exact) mass is 251 g/mol. The lowest BCUT2D eigenvalue weighted by atomic mass is 10.1. The van der Waals surface area contributed by atoms with E-state index in [1.807, 2.05) is 0 Å². The van der Waals surface area contributed by atoms with Gasteiger partial charge in [0, 0.05) is 20.4 Å². The molecule has 1 aromatic rings. The minimum Gasteiger partial charge on any atom is -0.456 e. The summed E-state index contributed by atoms with van der Waals surface area (Å²) in [5, 5.41) is 2.96. The summed E-state index contributed by atoms with van der Waals surface area (Å²) < 4.78 is 10.1. The molecule has 98 valence electrons. The molecule has 0 bridgehead atoms. The summed E-state index contributed by atoms with van der Waals surface area (Å²) in [6, 6.07) is 6.87. The summed E-state index contributed by atoms with van der Waals surface area (Å²) in [4.78, 5) is 21.8. The van der Waals surface area contributed by atoms with E-state index < -0.39 is 0 Å². The molecule has 18 heavy (non-hydrogen) atoms. The van der Waals surface area contributed by atoms with Crippen LogP contribution in [0.1, 0.15) is 25.5 Å². The number of carbonyl (C=O) groups is 2. The first kappa shape index (κ1) is 14.2. The number of esters is 2. The van der Waals surface area contributed by atoms with Gasteiger partial charge in [0.25, 0.3) is 0 Å². The fraction of sp³-hybridized carbons (Fsp3) is 0.385. The van der Waals surface area contributed by atoms with Gasteiger partial charge in [0.2, 0.25) is 0 Å². The molecule has 0 spiro atoms. The van der Waals surface area contributed by atoms with Crippen molar-refractivity contribution in [3.63, 3.8) is 0 Å². The molecule has 0 aliphatic carbocycles. The van der Waals surface area contributed by atoms with Crippen molar-refractivity contribution >= 4 is 11.9 Å². The topological polar surface area (TPSA) is 64.6 Å². The Labute approximate surface area is 106 Å². The van der Waals surface area contributed by atoms with Gasteiger partial charge < -0.3 is 14.8 Å². The van der Waals surface area contributed by atoms with Crippen LogP contribution in [0.5, 0.6) is 5.75 Å². The fourth-order valence-corrected chi connectivity index (χ4v) is 1.53. The van der Waals surface area contributed by atoms with E-state index in [1.165, 1.54) is 13.8 Å². The Morgan fingerprint density at radius 3 is 2.22 bits per heavy atom. The van der Waals surface area contributed by atoms with Gasteiger partial charge >= 0.3 is 11.9 Å². The molecule has 1 atom stereocenters. The SMILES string of the molecule is CNCC(OC(C)=O)c1ccc(OC(C)=O)cc1. The third-order valence-electron chi connectivity index (χ3n) is 2.21. The summed E-state index contributed by atoms with van der Waals surface area (Å²) in [6.07, 6.45) is -0.348. The van der Waals surface area contributed by atoms with Crippen molar-refractivity contribution in [2.45, 2.75) is 20.0 Å². The predicted octanol–water partition coefficient (Wildman–Crippen LogP) is 1.44. The molecule has 0 aliphatic rings. The summed E-state index contributed by atoms with van der Waals surface area (Å²) in [5.74, 6) is -0.230. The average molecular weight is 251 g/mol. The third-order valence-corrected chi connectivity index (χ3v) is 2.21. The number of ether oxygens (including phenoxy) is 2. The molecule has 0 heterocycles. The zero-order valence-corrected chi connectivity index (χ0v) is 10.7. The van der Waals surface area contributed by atoms with Crippen LogP contribution in [0.2, 0.25) is 0 Å². The lowest BCUT2D eigenvalue weighted by Gasteiger charge is -2.17. The Balaban J connectivity index is 2.79. The van der Waals surface area contributed by atoms with Crippen molar-refractivity contribution < 1.29 is 19.1 Å². The van der Waals surface area contributed by atoms with Crippen molar-refractivity contribution in [2.75, 3.05) is 13.6 Å². The molecule has 0 aliphatic heterocycles. The number of hydrogen-bond acceptors (Lipinski definition) is 5. The number of carbonyl (C=O) groups excluding carboxylic acids is 2. The van der Waals surface area contributed by atoms with Crippen LogP contribution >= 0.6 is 0 Å². The van der Waals surface area contributed by atoms with Crippen molar-refractivity contribution in [3.05, 3.63) is 29.8 Å². The van der Waals surface area contributed by atoms with E-state index in [4.69, 9.17) is 9.47 Å². The molecule has 1 unspecified atom stereocenters. The molecule has 0 amide bonds. The Morgan fingerprint density at radius 1 is 1.17 bits per heavy atom. The van der Waals surface area contributed by atoms with Gasteiger partial charge in [-0.1, -0.05) is 12.1 Å². The highest BCUT2D eigenvalue weighted by atomic mass is 16.5. The maximum Gasteiger partial charge on any atom is 0.308 e. The third kappa shape index (κ3) is 4.55. The van der Waals surface area contributed by atoms with Crippen molar-refractivity contribution in [1.82, 2.24) is 5.32 Å². The lowest BCUT2D eigenvalue weighted by Crippen LogP contribution is -2.21. The first-order chi connectivity index (χ1) is 8.52. The maximum atomic E-state index is 11.0. The maximum absolute atomic E-state index is 11.0. The van der Waals surface area contributed by atoms with Crippen molar-refractivity contribution in [1.29, 1.82) is 0 Å². The minimum absolute atomic E-state index is 0.334. The van der Waals surface area contributed by atoms with Crippen LogP contribution in [0, 0.1) is 0 Å². The molecule has 0 radical (unpaired) electrons. The Hall–Kier alpha value is -1.88. The van der Waals surface area contributed by atoms with Crippen molar-refractivity contribution in [2.24, 2.45) is 0 Å². The molecule has 1 rings (SSSR count). The van der Waals surface area contributed by atoms with E-state index in [0.29, 0.717) is 12.3 Å². The van der Waals surface area contributed by atoms with E-state index in [0.717, 1.165) is 5.56 Å². The molecule has 0 saturated carbocycles. The van der Waals surface area contributed by atoms with E-state index in [-0.39, 0.29) is 18.0 Å². The van der Waals surface area contributed by atoms with Crippen molar-refractivity contribution in [3.8, 4) is 5.75 Å². The van der Waals surface area contributed by atoms with Gasteiger partial charge in [-0.15, -0.1) is 0 Å². The number of rotatable bonds is 5. The fourth-order valence-electron chi connectivity index (χ4n) is 1.53. The molecule has 5 nitrogen and oxygen atoms in total. The first-order valence-corrected chi connectivity index (χ1v) is 5.63. The van der Waals surface area contributed by atoms with Gasteiger partial charge in [0.15, 0.2) is 0 Å². The van der Waals surface area contributed by atoms with Crippen LogP contribution in [-0.2, 0) is 14.3 Å². The van der Waals surface area contributed by atoms with Gasteiger partial charge in [-0.3, -0.25) is 9.59 Å². The smallest absolute Gasteiger partial charge is 0.308 e. The van der Waals surface area contributed by atoms with Crippen LogP contribution in [-0.4, -0.2) is 25.5 Å². The number of hydrogen-bond donors (Lipinski definition) is 1. The second-order valence-electron chi connectivity index (χ2n) is 3.82. The minimum atomic E-state index is -0.366. The zero-order valence-electron chi connectivity index (χ0n) is 10.7. The lowest BCUT2D eigenvalue weighted by molar-refractivity contribution is -0.146. The highest BCUT2D eigenvalue weighted by Crippen LogP contribution is 2.20. The predicted molar refractivity (Wildman–Crippen MR) is 66.2 cm³/mol. The van der Waals surface area contributed by atoms with Gasteiger partial charge in [-0.2, -0.15) is 0 Å². The summed E-state index contributed by atoms with van der Waals surface area (Å²) in [7, 11) is 1.78. The van der Waals surface area contributed by atoms with Gasteiger partial charge in [-0.25, -0.2) is 0 Å². The molecular weight excluding hydrogens is 234 g/mol. The van der Waals surface area contributed by atoms with Crippen LogP contribution in [0.3, 0.4) is 0 Å². The van der Waals surface area contributed by atoms with E-state index in [1.54, 1.807) is 31.3 Å². The molecule has 5 heteroatoms. The number of nitrogens with one attached hydrogen (secondary N) is 1. The van der Waals surface area contributed by atoms with E-state index in [9.17, 15) is 9.59 Å². The number of benzene rings is 1. The summed E-state index contributed by atoms with van der Waals surface area (Å²) in [6.45, 7) is 3.24.